The number of nitrogens with zero attached hydrogens (tertiary/aromatic N) is 1. The van der Waals surface area contributed by atoms with Crippen molar-refractivity contribution < 1.29 is 18.0 Å². The Hall–Kier alpha value is -1.73. The zero-order valence-corrected chi connectivity index (χ0v) is 17.7. The predicted molar refractivity (Wildman–Crippen MR) is 109 cm³/mol. The summed E-state index contributed by atoms with van der Waals surface area (Å²) in [6, 6.07) is 10.7. The van der Waals surface area contributed by atoms with Gasteiger partial charge < -0.3 is 10.2 Å². The second-order valence-electron chi connectivity index (χ2n) is 6.24. The van der Waals surface area contributed by atoms with Crippen LogP contribution in [0, 0.1) is 0 Å². The average molecular weight is 478 g/mol. The molecule has 0 unspecified atom stereocenters. The van der Waals surface area contributed by atoms with Crippen molar-refractivity contribution in [1.29, 1.82) is 0 Å². The number of benzene rings is 2. The Morgan fingerprint density at radius 2 is 1.82 bits per heavy atom. The summed E-state index contributed by atoms with van der Waals surface area (Å²) in [5, 5.41) is 3.50. The SMILES string of the molecule is CCN(CCc1cc(C(F)(F)F)ccc1Br)C(=O)NCCc1ccc(Cl)cc1. The lowest BCUT2D eigenvalue weighted by molar-refractivity contribution is -0.137. The molecule has 2 aromatic carbocycles. The Labute approximate surface area is 176 Å². The number of amides is 2. The van der Waals surface area contributed by atoms with Gasteiger partial charge in [0, 0.05) is 29.1 Å². The molecule has 0 fully saturated rings. The van der Waals surface area contributed by atoms with Crippen LogP contribution in [0.2, 0.25) is 5.02 Å². The highest BCUT2D eigenvalue weighted by Crippen LogP contribution is 2.32. The minimum atomic E-state index is -4.39. The Kier molecular flexibility index (Phi) is 8.19. The molecule has 0 bridgehead atoms. The molecule has 2 rings (SSSR count). The van der Waals surface area contributed by atoms with Gasteiger partial charge >= 0.3 is 12.2 Å². The first-order chi connectivity index (χ1) is 13.2. The largest absolute Gasteiger partial charge is 0.416 e. The number of likely N-dealkylation sites (N-methyl/N-ethyl adjacent to an activating group) is 1. The van der Waals surface area contributed by atoms with Crippen molar-refractivity contribution in [2.24, 2.45) is 0 Å². The number of hydrogen-bond acceptors (Lipinski definition) is 1. The van der Waals surface area contributed by atoms with E-state index in [1.54, 1.807) is 17.0 Å². The highest BCUT2D eigenvalue weighted by molar-refractivity contribution is 9.10. The molecule has 152 valence electrons. The van der Waals surface area contributed by atoms with E-state index in [9.17, 15) is 18.0 Å². The van der Waals surface area contributed by atoms with Gasteiger partial charge in [0.2, 0.25) is 0 Å². The lowest BCUT2D eigenvalue weighted by Crippen LogP contribution is -2.41. The van der Waals surface area contributed by atoms with Crippen LogP contribution < -0.4 is 5.32 Å². The van der Waals surface area contributed by atoms with Gasteiger partial charge in [0.05, 0.1) is 5.56 Å². The minimum absolute atomic E-state index is 0.237. The third-order valence-corrected chi connectivity index (χ3v) is 5.32. The number of carbonyl (C=O) groups excluding carboxylic acids is 1. The van der Waals surface area contributed by atoms with Gasteiger partial charge in [0.1, 0.15) is 0 Å². The molecule has 0 aromatic heterocycles. The molecular weight excluding hydrogens is 457 g/mol. The molecule has 0 aliphatic rings. The molecule has 3 nitrogen and oxygen atoms in total. The van der Waals surface area contributed by atoms with E-state index >= 15 is 0 Å². The molecule has 2 amide bonds. The fraction of sp³-hybridized carbons (Fsp3) is 0.350. The van der Waals surface area contributed by atoms with Crippen LogP contribution in [0.1, 0.15) is 23.6 Å². The number of nitrogens with one attached hydrogen (secondary N) is 1. The molecule has 0 heterocycles. The second kappa shape index (κ2) is 10.2. The highest BCUT2D eigenvalue weighted by atomic mass is 79.9. The van der Waals surface area contributed by atoms with Crippen LogP contribution in [0.4, 0.5) is 18.0 Å². The van der Waals surface area contributed by atoms with Gasteiger partial charge in [0.15, 0.2) is 0 Å². The normalized spacial score (nSPS) is 11.4. The van der Waals surface area contributed by atoms with Crippen molar-refractivity contribution in [2.75, 3.05) is 19.6 Å². The van der Waals surface area contributed by atoms with E-state index in [2.05, 4.69) is 21.2 Å². The van der Waals surface area contributed by atoms with Crippen molar-refractivity contribution >= 4 is 33.6 Å². The zero-order valence-electron chi connectivity index (χ0n) is 15.3. The standard InChI is InChI=1S/C20H21BrClF3N2O/c1-2-27(19(28)26-11-9-14-3-6-17(22)7-4-14)12-10-15-13-16(20(23,24)25)5-8-18(15)21/h3-8,13H,2,9-12H2,1H3,(H,26,28). The maximum Gasteiger partial charge on any atom is 0.416 e. The molecular formula is C20H21BrClF3N2O. The molecule has 0 aliphatic heterocycles. The van der Waals surface area contributed by atoms with Gasteiger partial charge in [-0.3, -0.25) is 0 Å². The van der Waals surface area contributed by atoms with Crippen LogP contribution in [0.3, 0.4) is 0 Å². The van der Waals surface area contributed by atoms with Crippen molar-refractivity contribution in [1.82, 2.24) is 10.2 Å². The fourth-order valence-corrected chi connectivity index (χ4v) is 3.25. The van der Waals surface area contributed by atoms with Gasteiger partial charge in [-0.1, -0.05) is 39.7 Å². The summed E-state index contributed by atoms with van der Waals surface area (Å²) in [4.78, 5) is 13.9. The molecule has 0 aliphatic carbocycles. The van der Waals surface area contributed by atoms with E-state index < -0.39 is 11.7 Å². The van der Waals surface area contributed by atoms with E-state index in [4.69, 9.17) is 11.6 Å². The molecule has 0 radical (unpaired) electrons. The summed E-state index contributed by atoms with van der Waals surface area (Å²) < 4.78 is 39.3. The average Bonchev–Trinajstić information content (AvgIpc) is 2.64. The third-order valence-electron chi connectivity index (χ3n) is 4.30. The predicted octanol–water partition coefficient (Wildman–Crippen LogP) is 5.94. The van der Waals surface area contributed by atoms with Crippen LogP contribution in [0.15, 0.2) is 46.9 Å². The van der Waals surface area contributed by atoms with Crippen LogP contribution in [0.25, 0.3) is 0 Å². The summed E-state index contributed by atoms with van der Waals surface area (Å²) in [6.45, 7) is 3.08. The highest BCUT2D eigenvalue weighted by Gasteiger charge is 2.30. The van der Waals surface area contributed by atoms with Crippen molar-refractivity contribution in [3.05, 3.63) is 68.7 Å². The molecule has 2 aromatic rings. The lowest BCUT2D eigenvalue weighted by atomic mass is 10.1. The number of halogens is 5. The number of hydrogen-bond donors (Lipinski definition) is 1. The van der Waals surface area contributed by atoms with Gasteiger partial charge in [0.25, 0.3) is 0 Å². The molecule has 0 atom stereocenters. The lowest BCUT2D eigenvalue weighted by Gasteiger charge is -2.22. The molecule has 8 heteroatoms. The Bertz CT molecular complexity index is 797. The molecule has 0 spiro atoms. The van der Waals surface area contributed by atoms with E-state index in [0.29, 0.717) is 47.5 Å². The second-order valence-corrected chi connectivity index (χ2v) is 7.53. The fourth-order valence-electron chi connectivity index (χ4n) is 2.68. The molecule has 0 saturated heterocycles. The van der Waals surface area contributed by atoms with Gasteiger partial charge in [-0.05, 0) is 61.2 Å². The monoisotopic (exact) mass is 476 g/mol. The van der Waals surface area contributed by atoms with Gasteiger partial charge in [-0.15, -0.1) is 0 Å². The van der Waals surface area contributed by atoms with Gasteiger partial charge in [-0.25, -0.2) is 4.79 Å². The van der Waals surface area contributed by atoms with Crippen LogP contribution >= 0.6 is 27.5 Å². The number of alkyl halides is 3. The van der Waals surface area contributed by atoms with Crippen LogP contribution in [-0.4, -0.2) is 30.6 Å². The first-order valence-electron chi connectivity index (χ1n) is 8.83. The Balaban J connectivity index is 1.89. The smallest absolute Gasteiger partial charge is 0.338 e. The topological polar surface area (TPSA) is 32.3 Å². The maximum absolute atomic E-state index is 12.9. The molecule has 1 N–H and O–H groups in total. The van der Waals surface area contributed by atoms with E-state index in [0.717, 1.165) is 17.7 Å². The number of rotatable bonds is 7. The van der Waals surface area contributed by atoms with Crippen LogP contribution in [-0.2, 0) is 19.0 Å². The van der Waals surface area contributed by atoms with Crippen molar-refractivity contribution in [2.45, 2.75) is 25.9 Å². The summed E-state index contributed by atoms with van der Waals surface area (Å²) in [5.74, 6) is 0. The first-order valence-corrected chi connectivity index (χ1v) is 10.0. The number of urea groups is 1. The van der Waals surface area contributed by atoms with E-state index in [1.165, 1.54) is 6.07 Å². The summed E-state index contributed by atoms with van der Waals surface area (Å²) >= 11 is 9.13. The third kappa shape index (κ3) is 6.71. The van der Waals surface area contributed by atoms with E-state index in [1.807, 2.05) is 19.1 Å². The Morgan fingerprint density at radius 3 is 2.43 bits per heavy atom. The van der Waals surface area contributed by atoms with Crippen LogP contribution in [0.5, 0.6) is 0 Å². The van der Waals surface area contributed by atoms with Crippen molar-refractivity contribution in [3.63, 3.8) is 0 Å². The van der Waals surface area contributed by atoms with Crippen molar-refractivity contribution in [3.8, 4) is 0 Å². The Morgan fingerprint density at radius 1 is 1.14 bits per heavy atom. The number of carbonyl (C=O) groups is 1. The maximum atomic E-state index is 12.9. The molecule has 28 heavy (non-hydrogen) atoms. The quantitative estimate of drug-likeness (QED) is 0.526. The van der Waals surface area contributed by atoms with Gasteiger partial charge in [-0.2, -0.15) is 13.2 Å². The summed E-state index contributed by atoms with van der Waals surface area (Å²) in [7, 11) is 0. The minimum Gasteiger partial charge on any atom is -0.338 e. The first kappa shape index (κ1) is 22.6. The summed E-state index contributed by atoms with van der Waals surface area (Å²) in [6.07, 6.45) is -3.40. The van der Waals surface area contributed by atoms with E-state index in [-0.39, 0.29) is 6.03 Å². The summed E-state index contributed by atoms with van der Waals surface area (Å²) in [5.41, 5.74) is 0.879. The zero-order chi connectivity index (χ0) is 20.7. The molecule has 0 saturated carbocycles.